The van der Waals surface area contributed by atoms with E-state index < -0.39 is 21.8 Å². The lowest BCUT2D eigenvalue weighted by Crippen LogP contribution is -2.13. The molecule has 8 nitrogen and oxygen atoms in total. The van der Waals surface area contributed by atoms with Crippen molar-refractivity contribution in [3.8, 4) is 0 Å². The van der Waals surface area contributed by atoms with Crippen molar-refractivity contribution in [2.45, 2.75) is 11.8 Å². The first kappa shape index (κ1) is 13.6. The van der Waals surface area contributed by atoms with Crippen LogP contribution in [0.15, 0.2) is 30.7 Å². The largest absolute Gasteiger partial charge is 0.475 e. The molecule has 0 fully saturated rings. The zero-order valence-corrected chi connectivity index (χ0v) is 11.8. The fraction of sp³-hybridized carbons (Fsp3) is 0.111. The van der Waals surface area contributed by atoms with E-state index in [2.05, 4.69) is 25.6 Å². The molecule has 2 aromatic rings. The minimum absolute atomic E-state index is 0.220. The summed E-state index contributed by atoms with van der Waals surface area (Å²) in [6.07, 6.45) is 1.27. The molecule has 10 heteroatoms. The Balaban J connectivity index is 2.37. The zero-order valence-electron chi connectivity index (χ0n) is 9.38. The smallest absolute Gasteiger partial charge is 0.371 e. The van der Waals surface area contributed by atoms with E-state index in [0.29, 0.717) is 5.69 Å². The summed E-state index contributed by atoms with van der Waals surface area (Å²) in [5.41, 5.74) is 0.496. The van der Waals surface area contributed by atoms with Gasteiger partial charge in [0.15, 0.2) is 4.67 Å². The topological polar surface area (TPSA) is 123 Å². The first-order valence-corrected chi connectivity index (χ1v) is 7.05. The third kappa shape index (κ3) is 2.79. The Morgan fingerprint density at radius 3 is 2.68 bits per heavy atom. The Hall–Kier alpha value is -1.81. The molecule has 2 N–H and O–H groups in total. The van der Waals surface area contributed by atoms with E-state index in [1.165, 1.54) is 6.26 Å². The first-order valence-electron chi connectivity index (χ1n) is 4.77. The van der Waals surface area contributed by atoms with Crippen LogP contribution in [-0.2, 0) is 10.0 Å². The van der Waals surface area contributed by atoms with Gasteiger partial charge in [0, 0.05) is 6.07 Å². The van der Waals surface area contributed by atoms with Crippen molar-refractivity contribution in [1.82, 2.24) is 4.98 Å². The van der Waals surface area contributed by atoms with Crippen molar-refractivity contribution < 1.29 is 27.2 Å². The number of aromatic carboxylic acids is 1. The van der Waals surface area contributed by atoms with Crippen LogP contribution in [0.1, 0.15) is 16.2 Å². The molecule has 2 rings (SSSR count). The molecule has 0 aliphatic rings. The predicted molar refractivity (Wildman–Crippen MR) is 65.4 cm³/mol. The summed E-state index contributed by atoms with van der Waals surface area (Å²) in [6.45, 7) is 1.62. The van der Waals surface area contributed by atoms with Gasteiger partial charge in [-0.2, -0.15) is 4.98 Å². The fourth-order valence-corrected chi connectivity index (χ4v) is 3.09. The van der Waals surface area contributed by atoms with E-state index in [-0.39, 0.29) is 15.6 Å². The van der Waals surface area contributed by atoms with E-state index in [9.17, 15) is 13.2 Å². The Bertz CT molecular complexity index is 732. The normalized spacial score (nSPS) is 11.5. The second-order valence-electron chi connectivity index (χ2n) is 3.45. The highest BCUT2D eigenvalue weighted by atomic mass is 79.9. The van der Waals surface area contributed by atoms with Gasteiger partial charge in [-0.25, -0.2) is 17.9 Å². The zero-order chi connectivity index (χ0) is 14.2. The number of anilines is 1. The van der Waals surface area contributed by atoms with Crippen LogP contribution in [0.25, 0.3) is 0 Å². The molecule has 2 heterocycles. The van der Waals surface area contributed by atoms with E-state index in [1.54, 1.807) is 6.92 Å². The lowest BCUT2D eigenvalue weighted by atomic mass is 10.5. The molecule has 0 atom stereocenters. The number of hydrogen-bond donors (Lipinski definition) is 2. The van der Waals surface area contributed by atoms with Gasteiger partial charge in [0.2, 0.25) is 5.76 Å². The van der Waals surface area contributed by atoms with Crippen LogP contribution in [0.5, 0.6) is 0 Å². The first-order chi connectivity index (χ1) is 8.79. The molecule has 2 aromatic heterocycles. The van der Waals surface area contributed by atoms with E-state index in [0.717, 1.165) is 6.07 Å². The number of halogens is 1. The molecule has 0 aliphatic heterocycles. The Labute approximate surface area is 115 Å². The number of carboxylic acid groups (broad SMARTS) is 1. The van der Waals surface area contributed by atoms with Crippen molar-refractivity contribution in [1.29, 1.82) is 0 Å². The van der Waals surface area contributed by atoms with Crippen molar-refractivity contribution >= 4 is 37.9 Å². The monoisotopic (exact) mass is 350 g/mol. The van der Waals surface area contributed by atoms with Gasteiger partial charge in [-0.3, -0.25) is 0 Å². The van der Waals surface area contributed by atoms with Gasteiger partial charge in [0.1, 0.15) is 11.2 Å². The predicted octanol–water partition coefficient (Wildman–Crippen LogP) is 1.84. The molecular weight excluding hydrogens is 344 g/mol. The maximum atomic E-state index is 12.0. The number of nitrogens with one attached hydrogen (secondary N) is 1. The maximum absolute atomic E-state index is 12.0. The lowest BCUT2D eigenvalue weighted by molar-refractivity contribution is 0.0661. The number of hydrogen-bond acceptors (Lipinski definition) is 6. The second-order valence-corrected chi connectivity index (χ2v) is 5.82. The molecule has 0 aliphatic carbocycles. The van der Waals surface area contributed by atoms with Crippen molar-refractivity contribution in [3.63, 3.8) is 0 Å². The summed E-state index contributed by atoms with van der Waals surface area (Å²) in [7, 11) is -4.05. The van der Waals surface area contributed by atoms with Gasteiger partial charge in [-0.15, -0.1) is 0 Å². The molecule has 0 amide bonds. The molecule has 0 radical (unpaired) electrons. The number of furan rings is 1. The van der Waals surface area contributed by atoms with E-state index in [4.69, 9.17) is 13.9 Å². The second kappa shape index (κ2) is 4.70. The molecule has 0 spiro atoms. The summed E-state index contributed by atoms with van der Waals surface area (Å²) < 4.78 is 35.4. The Kier molecular flexibility index (Phi) is 3.37. The number of carbonyl (C=O) groups is 1. The number of rotatable bonds is 4. The number of aryl methyl sites for hydroxylation is 1. The summed E-state index contributed by atoms with van der Waals surface area (Å²) in [5.74, 6) is -1.88. The molecule has 102 valence electrons. The van der Waals surface area contributed by atoms with Gasteiger partial charge in [-0.1, -0.05) is 0 Å². The third-order valence-corrected chi connectivity index (χ3v) is 4.17. The van der Waals surface area contributed by atoms with Gasteiger partial charge in [-0.05, 0) is 22.9 Å². The van der Waals surface area contributed by atoms with Crippen LogP contribution in [0, 0.1) is 6.92 Å². The SMILES string of the molecule is Cc1coc(NS(=O)(=O)c2cc(C(=O)O)oc2Br)n1. The average molecular weight is 351 g/mol. The number of sulfonamides is 1. The number of carboxylic acids is 1. The summed E-state index contributed by atoms with van der Waals surface area (Å²) in [4.78, 5) is 14.1. The summed E-state index contributed by atoms with van der Waals surface area (Å²) >= 11 is 2.84. The van der Waals surface area contributed by atoms with Crippen LogP contribution in [-0.4, -0.2) is 24.5 Å². The van der Waals surface area contributed by atoms with Crippen molar-refractivity contribution in [2.75, 3.05) is 4.72 Å². The van der Waals surface area contributed by atoms with Gasteiger partial charge in [0.25, 0.3) is 10.0 Å². The third-order valence-electron chi connectivity index (χ3n) is 2.00. The lowest BCUT2D eigenvalue weighted by Gasteiger charge is -2.01. The van der Waals surface area contributed by atoms with Crippen LogP contribution >= 0.6 is 15.9 Å². The molecule has 0 saturated heterocycles. The van der Waals surface area contributed by atoms with E-state index >= 15 is 0 Å². The van der Waals surface area contributed by atoms with Crippen molar-refractivity contribution in [2.24, 2.45) is 0 Å². The minimum atomic E-state index is -4.05. The summed E-state index contributed by atoms with van der Waals surface area (Å²) in [6, 6.07) is 0.660. The highest BCUT2D eigenvalue weighted by Crippen LogP contribution is 2.27. The standard InChI is InChI=1S/C9H7BrN2O6S/c1-4-3-17-9(11-4)12-19(15,16)6-2-5(8(13)14)18-7(6)10/h2-3H,1H3,(H,11,12)(H,13,14). The van der Waals surface area contributed by atoms with Gasteiger partial charge in [0.05, 0.1) is 5.69 Å². The number of nitrogens with zero attached hydrogens (tertiary/aromatic N) is 1. The van der Waals surface area contributed by atoms with Crippen molar-refractivity contribution in [3.05, 3.63) is 28.5 Å². The highest BCUT2D eigenvalue weighted by molar-refractivity contribution is 9.10. The highest BCUT2D eigenvalue weighted by Gasteiger charge is 2.26. The maximum Gasteiger partial charge on any atom is 0.371 e. The molecule has 0 unspecified atom stereocenters. The molecule has 0 bridgehead atoms. The average Bonchev–Trinajstić information content (AvgIpc) is 2.85. The molecule has 0 aromatic carbocycles. The van der Waals surface area contributed by atoms with Crippen LogP contribution in [0.4, 0.5) is 6.01 Å². The summed E-state index contributed by atoms with van der Waals surface area (Å²) in [5, 5.41) is 8.72. The quantitative estimate of drug-likeness (QED) is 0.861. The molecular formula is C9H7BrN2O6S. The van der Waals surface area contributed by atoms with E-state index in [1.807, 2.05) is 0 Å². The number of aromatic nitrogens is 1. The van der Waals surface area contributed by atoms with Gasteiger partial charge < -0.3 is 13.9 Å². The van der Waals surface area contributed by atoms with Crippen LogP contribution < -0.4 is 4.72 Å². The molecule has 0 saturated carbocycles. The van der Waals surface area contributed by atoms with Crippen LogP contribution in [0.3, 0.4) is 0 Å². The Morgan fingerprint density at radius 2 is 2.21 bits per heavy atom. The Morgan fingerprint density at radius 1 is 1.53 bits per heavy atom. The minimum Gasteiger partial charge on any atom is -0.475 e. The molecule has 19 heavy (non-hydrogen) atoms. The van der Waals surface area contributed by atoms with Crippen LogP contribution in [0.2, 0.25) is 0 Å². The number of oxazole rings is 1. The van der Waals surface area contributed by atoms with Gasteiger partial charge >= 0.3 is 12.0 Å². The fourth-order valence-electron chi connectivity index (χ4n) is 1.21.